The maximum Gasteiger partial charge on any atom is 0.223 e. The SMILES string of the molecule is CCC(C)CNc1ncc2cc(Br)ccc2n1. The van der Waals surface area contributed by atoms with Crippen LogP contribution in [0.25, 0.3) is 10.9 Å². The number of halogens is 1. The molecule has 90 valence electrons. The first kappa shape index (κ1) is 12.3. The van der Waals surface area contributed by atoms with Crippen molar-refractivity contribution in [1.82, 2.24) is 9.97 Å². The van der Waals surface area contributed by atoms with Gasteiger partial charge in [0.25, 0.3) is 0 Å². The fourth-order valence-corrected chi connectivity index (χ4v) is 1.88. The molecule has 2 aromatic rings. The minimum Gasteiger partial charge on any atom is -0.354 e. The third-order valence-corrected chi connectivity index (χ3v) is 3.34. The molecular weight excluding hydrogens is 278 g/mol. The molecule has 0 amide bonds. The van der Waals surface area contributed by atoms with Crippen LogP contribution in [0.4, 0.5) is 5.95 Å². The van der Waals surface area contributed by atoms with E-state index in [1.54, 1.807) is 0 Å². The monoisotopic (exact) mass is 293 g/mol. The number of anilines is 1. The van der Waals surface area contributed by atoms with E-state index in [1.807, 2.05) is 24.4 Å². The molecule has 1 aromatic heterocycles. The van der Waals surface area contributed by atoms with Crippen LogP contribution in [0.15, 0.2) is 28.9 Å². The summed E-state index contributed by atoms with van der Waals surface area (Å²) in [4.78, 5) is 8.79. The third-order valence-electron chi connectivity index (χ3n) is 2.85. The Balaban J connectivity index is 2.17. The molecule has 0 aliphatic carbocycles. The third kappa shape index (κ3) is 3.16. The number of nitrogens with zero attached hydrogens (tertiary/aromatic N) is 2. The van der Waals surface area contributed by atoms with Crippen molar-refractivity contribution in [2.24, 2.45) is 5.92 Å². The lowest BCUT2D eigenvalue weighted by Crippen LogP contribution is -2.12. The average Bonchev–Trinajstić information content (AvgIpc) is 2.35. The van der Waals surface area contributed by atoms with Crippen LogP contribution in [0.1, 0.15) is 20.3 Å². The quantitative estimate of drug-likeness (QED) is 0.930. The molecule has 0 saturated carbocycles. The normalized spacial score (nSPS) is 12.6. The second kappa shape index (κ2) is 5.45. The van der Waals surface area contributed by atoms with Gasteiger partial charge in [-0.3, -0.25) is 0 Å². The average molecular weight is 294 g/mol. The van der Waals surface area contributed by atoms with Crippen LogP contribution in [0.5, 0.6) is 0 Å². The Kier molecular flexibility index (Phi) is 3.94. The maximum atomic E-state index is 4.48. The zero-order chi connectivity index (χ0) is 12.3. The number of aromatic nitrogens is 2. The van der Waals surface area contributed by atoms with E-state index in [9.17, 15) is 0 Å². The minimum atomic E-state index is 0.638. The Morgan fingerprint density at radius 1 is 1.41 bits per heavy atom. The van der Waals surface area contributed by atoms with Crippen LogP contribution in [0.3, 0.4) is 0 Å². The van der Waals surface area contributed by atoms with Gasteiger partial charge in [0.2, 0.25) is 5.95 Å². The van der Waals surface area contributed by atoms with Gasteiger partial charge in [0.05, 0.1) is 5.52 Å². The molecule has 0 spiro atoms. The molecule has 1 heterocycles. The van der Waals surface area contributed by atoms with Crippen LogP contribution in [0.2, 0.25) is 0 Å². The van der Waals surface area contributed by atoms with Crippen LogP contribution >= 0.6 is 15.9 Å². The molecule has 4 heteroatoms. The van der Waals surface area contributed by atoms with Gasteiger partial charge in [-0.25, -0.2) is 9.97 Å². The van der Waals surface area contributed by atoms with Crippen LogP contribution in [-0.4, -0.2) is 16.5 Å². The van der Waals surface area contributed by atoms with Gasteiger partial charge in [0, 0.05) is 22.6 Å². The molecule has 0 saturated heterocycles. The molecule has 0 fully saturated rings. The lowest BCUT2D eigenvalue weighted by molar-refractivity contribution is 0.591. The van der Waals surface area contributed by atoms with Gasteiger partial charge in [-0.2, -0.15) is 0 Å². The molecule has 1 unspecified atom stereocenters. The van der Waals surface area contributed by atoms with Crippen molar-refractivity contribution in [1.29, 1.82) is 0 Å². The summed E-state index contributed by atoms with van der Waals surface area (Å²) >= 11 is 3.44. The van der Waals surface area contributed by atoms with Crippen molar-refractivity contribution >= 4 is 32.8 Å². The van der Waals surface area contributed by atoms with Crippen LogP contribution in [0, 0.1) is 5.92 Å². The number of nitrogens with one attached hydrogen (secondary N) is 1. The van der Waals surface area contributed by atoms with Crippen molar-refractivity contribution in [2.75, 3.05) is 11.9 Å². The zero-order valence-corrected chi connectivity index (χ0v) is 11.7. The van der Waals surface area contributed by atoms with Gasteiger partial charge >= 0.3 is 0 Å². The summed E-state index contributed by atoms with van der Waals surface area (Å²) in [6, 6.07) is 6.01. The molecule has 1 aromatic carbocycles. The molecule has 0 aliphatic heterocycles. The van der Waals surface area contributed by atoms with Crippen LogP contribution in [-0.2, 0) is 0 Å². The molecule has 1 N–H and O–H groups in total. The van der Waals surface area contributed by atoms with E-state index in [1.165, 1.54) is 0 Å². The van der Waals surface area contributed by atoms with Crippen molar-refractivity contribution in [2.45, 2.75) is 20.3 Å². The smallest absolute Gasteiger partial charge is 0.223 e. The number of hydrogen-bond donors (Lipinski definition) is 1. The maximum absolute atomic E-state index is 4.48. The van der Waals surface area contributed by atoms with E-state index >= 15 is 0 Å². The lowest BCUT2D eigenvalue weighted by atomic mass is 10.1. The lowest BCUT2D eigenvalue weighted by Gasteiger charge is -2.10. The van der Waals surface area contributed by atoms with E-state index < -0.39 is 0 Å². The molecule has 0 aliphatic rings. The predicted octanol–water partition coefficient (Wildman–Crippen LogP) is 3.85. The fourth-order valence-electron chi connectivity index (χ4n) is 1.50. The molecule has 1 atom stereocenters. The molecule has 3 nitrogen and oxygen atoms in total. The molecule has 2 rings (SSSR count). The molecule has 0 radical (unpaired) electrons. The molecular formula is C13H16BrN3. The van der Waals surface area contributed by atoms with Crippen LogP contribution < -0.4 is 5.32 Å². The van der Waals surface area contributed by atoms with E-state index in [2.05, 4.69) is 45.1 Å². The number of benzene rings is 1. The largest absolute Gasteiger partial charge is 0.354 e. The second-order valence-corrected chi connectivity index (χ2v) is 5.21. The molecule has 17 heavy (non-hydrogen) atoms. The highest BCUT2D eigenvalue weighted by molar-refractivity contribution is 9.10. The summed E-state index contributed by atoms with van der Waals surface area (Å²) in [7, 11) is 0. The summed E-state index contributed by atoms with van der Waals surface area (Å²) in [5.41, 5.74) is 0.967. The fraction of sp³-hybridized carbons (Fsp3) is 0.385. The van der Waals surface area contributed by atoms with Gasteiger partial charge < -0.3 is 5.32 Å². The van der Waals surface area contributed by atoms with Crippen molar-refractivity contribution in [3.8, 4) is 0 Å². The van der Waals surface area contributed by atoms with E-state index in [0.717, 1.165) is 28.3 Å². The Bertz CT molecular complexity index is 513. The topological polar surface area (TPSA) is 37.8 Å². The number of rotatable bonds is 4. The van der Waals surface area contributed by atoms with Gasteiger partial charge in [-0.1, -0.05) is 36.2 Å². The van der Waals surface area contributed by atoms with Crippen molar-refractivity contribution < 1.29 is 0 Å². The summed E-state index contributed by atoms with van der Waals surface area (Å²) in [6.45, 7) is 5.31. The highest BCUT2D eigenvalue weighted by Gasteiger charge is 2.02. The molecule has 0 bridgehead atoms. The highest BCUT2D eigenvalue weighted by Crippen LogP contribution is 2.18. The summed E-state index contributed by atoms with van der Waals surface area (Å²) < 4.78 is 1.05. The van der Waals surface area contributed by atoms with Crippen molar-refractivity contribution in [3.05, 3.63) is 28.9 Å². The number of fused-ring (bicyclic) bond motifs is 1. The van der Waals surface area contributed by atoms with Gasteiger partial charge in [-0.05, 0) is 24.1 Å². The Hall–Kier alpha value is -1.16. The Labute approximate surface area is 110 Å². The van der Waals surface area contributed by atoms with E-state index in [0.29, 0.717) is 11.9 Å². The zero-order valence-electron chi connectivity index (χ0n) is 10.1. The van der Waals surface area contributed by atoms with Gasteiger partial charge in [-0.15, -0.1) is 0 Å². The first-order valence-electron chi connectivity index (χ1n) is 5.85. The van der Waals surface area contributed by atoms with Gasteiger partial charge in [0.1, 0.15) is 0 Å². The second-order valence-electron chi connectivity index (χ2n) is 4.29. The summed E-state index contributed by atoms with van der Waals surface area (Å²) in [5, 5.41) is 4.32. The standard InChI is InChI=1S/C13H16BrN3/c1-3-9(2)7-15-13-16-8-10-6-11(14)4-5-12(10)17-13/h4-6,8-9H,3,7H2,1-2H3,(H,15,16,17). The van der Waals surface area contributed by atoms with E-state index in [-0.39, 0.29) is 0 Å². The predicted molar refractivity (Wildman–Crippen MR) is 75.2 cm³/mol. The Morgan fingerprint density at radius 3 is 3.00 bits per heavy atom. The highest BCUT2D eigenvalue weighted by atomic mass is 79.9. The number of hydrogen-bond acceptors (Lipinski definition) is 3. The Morgan fingerprint density at radius 2 is 2.24 bits per heavy atom. The minimum absolute atomic E-state index is 0.638. The van der Waals surface area contributed by atoms with Crippen molar-refractivity contribution in [3.63, 3.8) is 0 Å². The van der Waals surface area contributed by atoms with Gasteiger partial charge in [0.15, 0.2) is 0 Å². The van der Waals surface area contributed by atoms with E-state index in [4.69, 9.17) is 0 Å². The summed E-state index contributed by atoms with van der Waals surface area (Å²) in [6.07, 6.45) is 3.01. The first-order valence-corrected chi connectivity index (χ1v) is 6.64. The summed E-state index contributed by atoms with van der Waals surface area (Å²) in [5.74, 6) is 1.35. The first-order chi connectivity index (χ1) is 8.19.